The van der Waals surface area contributed by atoms with Crippen molar-refractivity contribution in [3.63, 3.8) is 0 Å². The third-order valence-corrected chi connectivity index (χ3v) is 4.09. The smallest absolute Gasteiger partial charge is 0.250 e. The van der Waals surface area contributed by atoms with E-state index in [9.17, 15) is 4.79 Å². The van der Waals surface area contributed by atoms with Crippen LogP contribution in [0.15, 0.2) is 54.6 Å². The summed E-state index contributed by atoms with van der Waals surface area (Å²) in [6.07, 6.45) is 4.03. The van der Waals surface area contributed by atoms with Crippen LogP contribution >= 0.6 is 0 Å². The van der Waals surface area contributed by atoms with Crippen LogP contribution in [0.3, 0.4) is 0 Å². The van der Waals surface area contributed by atoms with E-state index in [4.69, 9.17) is 11.5 Å². The van der Waals surface area contributed by atoms with Crippen LogP contribution in [0.5, 0.6) is 0 Å². The Morgan fingerprint density at radius 2 is 1.76 bits per heavy atom. The Kier molecular flexibility index (Phi) is 5.91. The molecule has 4 N–H and O–H groups in total. The van der Waals surface area contributed by atoms with Gasteiger partial charge in [-0.2, -0.15) is 4.57 Å². The highest BCUT2D eigenvalue weighted by Crippen LogP contribution is 2.20. The molecule has 1 heterocycles. The Morgan fingerprint density at radius 3 is 2.44 bits per heavy atom. The summed E-state index contributed by atoms with van der Waals surface area (Å²) in [5.41, 5.74) is 15.6. The van der Waals surface area contributed by atoms with Crippen molar-refractivity contribution < 1.29 is 21.8 Å². The number of nitrogens with two attached hydrogens (primary N) is 2. The molecule has 5 heteroatoms. The van der Waals surface area contributed by atoms with Gasteiger partial charge in [0.15, 0.2) is 0 Å². The van der Waals surface area contributed by atoms with Crippen LogP contribution in [0.25, 0.3) is 23.1 Å². The highest BCUT2D eigenvalue weighted by atomic mass is 35.5. The van der Waals surface area contributed by atoms with Crippen LogP contribution in [0.1, 0.15) is 21.6 Å². The molecule has 128 valence electrons. The van der Waals surface area contributed by atoms with Gasteiger partial charge in [0.05, 0.1) is 11.9 Å². The maximum absolute atomic E-state index is 12.2. The number of anilines is 1. The fourth-order valence-corrected chi connectivity index (χ4v) is 2.76. The molecule has 3 aromatic rings. The van der Waals surface area contributed by atoms with Crippen molar-refractivity contribution in [2.75, 3.05) is 12.3 Å². The number of fused-ring (bicyclic) bond motifs is 1. The molecule has 0 saturated carbocycles. The van der Waals surface area contributed by atoms with E-state index in [1.807, 2.05) is 72.3 Å². The number of nitrogens with zero attached hydrogens (tertiary/aromatic N) is 1. The van der Waals surface area contributed by atoms with Crippen LogP contribution in [0, 0.1) is 0 Å². The van der Waals surface area contributed by atoms with Gasteiger partial charge in [-0.05, 0) is 29.3 Å². The van der Waals surface area contributed by atoms with E-state index in [2.05, 4.69) is 6.07 Å². The third-order valence-electron chi connectivity index (χ3n) is 4.09. The summed E-state index contributed by atoms with van der Waals surface area (Å²) in [7, 11) is 1.89. The van der Waals surface area contributed by atoms with Gasteiger partial charge in [0, 0.05) is 17.8 Å². The molecule has 0 aliphatic carbocycles. The summed E-state index contributed by atoms with van der Waals surface area (Å²) in [6.45, 7) is -0.00665. The van der Waals surface area contributed by atoms with Crippen molar-refractivity contribution in [2.24, 2.45) is 12.8 Å². The molecule has 3 rings (SSSR count). The highest BCUT2D eigenvalue weighted by Gasteiger charge is 2.20. The van der Waals surface area contributed by atoms with Crippen LogP contribution in [0.2, 0.25) is 0 Å². The van der Waals surface area contributed by atoms with Crippen LogP contribution in [0.4, 0.5) is 5.69 Å². The largest absolute Gasteiger partial charge is 1.00 e. The molecule has 0 unspecified atom stereocenters. The number of pyridine rings is 1. The number of Topliss-reactive ketones (excluding diaryl/α,β-unsaturated/α-hetero) is 1. The average Bonchev–Trinajstić information content (AvgIpc) is 2.62. The molecule has 0 amide bonds. The minimum Gasteiger partial charge on any atom is -1.00 e. The van der Waals surface area contributed by atoms with E-state index in [1.54, 1.807) is 0 Å². The van der Waals surface area contributed by atoms with Gasteiger partial charge in [0.1, 0.15) is 7.05 Å². The summed E-state index contributed by atoms with van der Waals surface area (Å²) in [5.74, 6) is -0.0783. The number of benzene rings is 2. The minimum atomic E-state index is -0.0783. The van der Waals surface area contributed by atoms with E-state index < -0.39 is 0 Å². The number of hydrogen-bond donors (Lipinski definition) is 2. The molecule has 0 atom stereocenters. The van der Waals surface area contributed by atoms with Gasteiger partial charge in [-0.15, -0.1) is 0 Å². The fourth-order valence-electron chi connectivity index (χ4n) is 2.76. The molecule has 4 nitrogen and oxygen atoms in total. The predicted octanol–water partition coefficient (Wildman–Crippen LogP) is -0.438. The van der Waals surface area contributed by atoms with E-state index >= 15 is 0 Å². The number of nitrogen functional groups attached to an aromatic ring is 1. The molecule has 0 fully saturated rings. The zero-order valence-electron chi connectivity index (χ0n) is 13.9. The van der Waals surface area contributed by atoms with E-state index in [0.29, 0.717) is 5.69 Å². The molecule has 25 heavy (non-hydrogen) atoms. The minimum absolute atomic E-state index is 0. The van der Waals surface area contributed by atoms with Crippen LogP contribution in [-0.4, -0.2) is 12.3 Å². The number of aromatic nitrogens is 1. The van der Waals surface area contributed by atoms with Crippen molar-refractivity contribution in [1.29, 1.82) is 0 Å². The number of aryl methyl sites for hydroxylation is 1. The van der Waals surface area contributed by atoms with Gasteiger partial charge in [-0.3, -0.25) is 4.79 Å². The van der Waals surface area contributed by atoms with E-state index in [-0.39, 0.29) is 24.7 Å². The zero-order chi connectivity index (χ0) is 17.1. The Balaban J connectivity index is 0.00000225. The summed E-state index contributed by atoms with van der Waals surface area (Å²) >= 11 is 0. The second-order valence-electron chi connectivity index (χ2n) is 5.69. The highest BCUT2D eigenvalue weighted by molar-refractivity contribution is 5.98. The molecule has 0 spiro atoms. The molecule has 1 aromatic heterocycles. The number of rotatable bonds is 4. The second-order valence-corrected chi connectivity index (χ2v) is 5.69. The number of carbonyl (C=O) groups is 1. The molecule has 0 saturated heterocycles. The molecule has 0 aliphatic rings. The molecule has 2 aromatic carbocycles. The number of ketones is 1. The number of para-hydroxylation sites is 1. The Morgan fingerprint density at radius 1 is 1.08 bits per heavy atom. The zero-order valence-corrected chi connectivity index (χ0v) is 14.7. The lowest BCUT2D eigenvalue weighted by atomic mass is 10.0. The van der Waals surface area contributed by atoms with Crippen molar-refractivity contribution in [3.05, 3.63) is 71.4 Å². The summed E-state index contributed by atoms with van der Waals surface area (Å²) < 4.78 is 1.89. The lowest BCUT2D eigenvalue weighted by Crippen LogP contribution is -3.00. The van der Waals surface area contributed by atoms with Crippen LogP contribution < -0.4 is 28.4 Å². The predicted molar refractivity (Wildman–Crippen MR) is 98.3 cm³/mol. The third kappa shape index (κ3) is 3.87. The van der Waals surface area contributed by atoms with E-state index in [0.717, 1.165) is 27.7 Å². The SMILES string of the molecule is C[n+]1c(C(=O)CN)cc(C=Cc2ccc(N)cc2)c2ccccc21.[Cl-]. The molecule has 0 bridgehead atoms. The molecule has 0 radical (unpaired) electrons. The maximum atomic E-state index is 12.2. The van der Waals surface area contributed by atoms with Crippen molar-refractivity contribution in [1.82, 2.24) is 0 Å². The summed E-state index contributed by atoms with van der Waals surface area (Å²) in [6, 6.07) is 17.6. The van der Waals surface area contributed by atoms with Gasteiger partial charge in [0.2, 0.25) is 11.3 Å². The average molecular weight is 354 g/mol. The number of carbonyl (C=O) groups excluding carboxylic acids is 1. The maximum Gasteiger partial charge on any atom is 0.250 e. The van der Waals surface area contributed by atoms with Crippen molar-refractivity contribution in [2.45, 2.75) is 0 Å². The first-order chi connectivity index (χ1) is 11.6. The Labute approximate surface area is 153 Å². The van der Waals surface area contributed by atoms with Gasteiger partial charge in [0.25, 0.3) is 5.69 Å². The lowest BCUT2D eigenvalue weighted by molar-refractivity contribution is -0.646. The van der Waals surface area contributed by atoms with Gasteiger partial charge < -0.3 is 23.9 Å². The first-order valence-electron chi connectivity index (χ1n) is 7.79. The molecule has 0 aliphatic heterocycles. The lowest BCUT2D eigenvalue weighted by Gasteiger charge is -2.05. The second kappa shape index (κ2) is 7.92. The van der Waals surface area contributed by atoms with Crippen molar-refractivity contribution >= 4 is 34.5 Å². The van der Waals surface area contributed by atoms with E-state index in [1.165, 1.54) is 0 Å². The number of halogens is 1. The van der Waals surface area contributed by atoms with Gasteiger partial charge in [-0.1, -0.05) is 36.4 Å². The first-order valence-corrected chi connectivity index (χ1v) is 7.79. The topological polar surface area (TPSA) is 73.0 Å². The van der Waals surface area contributed by atoms with Crippen molar-refractivity contribution in [3.8, 4) is 0 Å². The fraction of sp³-hybridized carbons (Fsp3) is 0.100. The quantitative estimate of drug-likeness (QED) is 0.379. The molecular weight excluding hydrogens is 334 g/mol. The number of hydrogen-bond acceptors (Lipinski definition) is 3. The Hall–Kier alpha value is -2.69. The summed E-state index contributed by atoms with van der Waals surface area (Å²) in [4.78, 5) is 12.2. The van der Waals surface area contributed by atoms with Gasteiger partial charge in [-0.25, -0.2) is 0 Å². The van der Waals surface area contributed by atoms with Crippen LogP contribution in [-0.2, 0) is 7.05 Å². The Bertz CT molecular complexity index is 934. The standard InChI is InChI=1S/C20H19N3O.ClH/c1-23-18-5-3-2-4-17(18)15(12-19(23)20(24)13-21)9-6-14-7-10-16(22)11-8-14;/h2-12,22H,13,21H2,1H3;1H. The summed E-state index contributed by atoms with van der Waals surface area (Å²) in [5, 5.41) is 1.08. The first kappa shape index (κ1) is 18.6. The monoisotopic (exact) mass is 353 g/mol. The van der Waals surface area contributed by atoms with Gasteiger partial charge >= 0.3 is 0 Å². The normalized spacial score (nSPS) is 10.8. The molecular formula is C20H20ClN3O.